The molecule has 2 N–H and O–H groups in total. The van der Waals surface area contributed by atoms with Gasteiger partial charge in [0.2, 0.25) is 23.6 Å². The van der Waals surface area contributed by atoms with Crippen LogP contribution in [0, 0.1) is 47.3 Å². The summed E-state index contributed by atoms with van der Waals surface area (Å²) in [7, 11) is 0. The van der Waals surface area contributed by atoms with Gasteiger partial charge in [0.1, 0.15) is 11.5 Å². The van der Waals surface area contributed by atoms with Gasteiger partial charge in [-0.1, -0.05) is 24.3 Å². The van der Waals surface area contributed by atoms with E-state index in [9.17, 15) is 28.8 Å². The van der Waals surface area contributed by atoms with Crippen molar-refractivity contribution in [2.75, 3.05) is 20.4 Å². The van der Waals surface area contributed by atoms with E-state index in [1.165, 1.54) is 9.80 Å². The van der Waals surface area contributed by atoms with E-state index in [0.717, 1.165) is 12.8 Å². The third-order valence-corrected chi connectivity index (χ3v) is 12.2. The molecule has 4 fully saturated rings. The Kier molecular flexibility index (Phi) is 7.48. The Labute approximate surface area is 315 Å². The van der Waals surface area contributed by atoms with Crippen LogP contribution in [0.15, 0.2) is 121 Å². The maximum Gasteiger partial charge on any atom is 0.255 e. The highest BCUT2D eigenvalue weighted by Gasteiger charge is 2.60. The molecule has 55 heavy (non-hydrogen) atoms. The second-order valence-corrected chi connectivity index (χ2v) is 15.2. The summed E-state index contributed by atoms with van der Waals surface area (Å²) in [6.45, 7) is 0. The fourth-order valence-corrected chi connectivity index (χ4v) is 9.59. The van der Waals surface area contributed by atoms with Crippen molar-refractivity contribution in [3.63, 3.8) is 0 Å². The van der Waals surface area contributed by atoms with Crippen LogP contribution >= 0.6 is 0 Å². The predicted octanol–water partition coefficient (Wildman–Crippen LogP) is 6.61. The van der Waals surface area contributed by atoms with E-state index >= 15 is 0 Å². The van der Waals surface area contributed by atoms with Crippen molar-refractivity contribution in [1.29, 1.82) is 0 Å². The van der Waals surface area contributed by atoms with E-state index < -0.39 is 0 Å². The molecule has 4 aromatic rings. The zero-order valence-electron chi connectivity index (χ0n) is 29.3. The molecule has 272 valence electrons. The number of hydrogen-bond acceptors (Lipinski definition) is 7. The molecule has 0 radical (unpaired) electrons. The van der Waals surface area contributed by atoms with Gasteiger partial charge in [0, 0.05) is 22.5 Å². The maximum atomic E-state index is 13.1. The number of rotatable bonds is 8. The maximum absolute atomic E-state index is 13.1. The number of allylic oxidation sites excluding steroid dienone is 4. The number of amides is 6. The summed E-state index contributed by atoms with van der Waals surface area (Å²) in [4.78, 5) is 81.1. The number of nitrogens with one attached hydrogen (secondary N) is 2. The average molecular weight is 731 g/mol. The number of anilines is 4. The molecule has 2 saturated carbocycles. The molecule has 4 aliphatic carbocycles. The van der Waals surface area contributed by atoms with E-state index in [-0.39, 0.29) is 82.8 Å². The van der Waals surface area contributed by atoms with Gasteiger partial charge in [-0.2, -0.15) is 0 Å². The van der Waals surface area contributed by atoms with Gasteiger partial charge in [0.25, 0.3) is 11.8 Å². The Morgan fingerprint density at radius 2 is 0.764 bits per heavy atom. The van der Waals surface area contributed by atoms with Crippen LogP contribution in [-0.2, 0) is 19.2 Å². The largest absolute Gasteiger partial charge is 0.457 e. The summed E-state index contributed by atoms with van der Waals surface area (Å²) in [6.07, 6.45) is 9.99. The molecule has 0 spiro atoms. The lowest BCUT2D eigenvalue weighted by Crippen LogP contribution is -2.32. The zero-order valence-corrected chi connectivity index (χ0v) is 29.3. The smallest absolute Gasteiger partial charge is 0.255 e. The SMILES string of the molecule is O=C(Nc1ccc(Oc2ccc(NC(=O)c3ccc(N4C(=O)C5C(C4=O)[C@H]4C=C[C@@H]5C4)cc3)cc2)cc1)c1ccc(N2C(=O)C3C(C2=O)[C@H]2C=C[C@@H]3C2)cc1. The lowest BCUT2D eigenvalue weighted by atomic mass is 9.85. The minimum absolute atomic E-state index is 0.134. The van der Waals surface area contributed by atoms with Crippen molar-refractivity contribution in [1.82, 2.24) is 0 Å². The molecule has 0 aromatic heterocycles. The van der Waals surface area contributed by atoms with Crippen molar-refractivity contribution in [2.45, 2.75) is 12.8 Å². The molecule has 4 aromatic carbocycles. The van der Waals surface area contributed by atoms with Crippen molar-refractivity contribution < 1.29 is 33.5 Å². The molecule has 2 aliphatic heterocycles. The van der Waals surface area contributed by atoms with Crippen molar-refractivity contribution in [2.24, 2.45) is 47.3 Å². The van der Waals surface area contributed by atoms with E-state index in [0.29, 0.717) is 45.4 Å². The van der Waals surface area contributed by atoms with Crippen LogP contribution in [0.4, 0.5) is 22.7 Å². The van der Waals surface area contributed by atoms with Gasteiger partial charge < -0.3 is 15.4 Å². The summed E-state index contributed by atoms with van der Waals surface area (Å²) in [5.74, 6) is -0.805. The van der Waals surface area contributed by atoms with E-state index in [2.05, 4.69) is 34.9 Å². The van der Waals surface area contributed by atoms with Gasteiger partial charge in [-0.3, -0.25) is 38.6 Å². The number of fused-ring (bicyclic) bond motifs is 10. The quantitative estimate of drug-likeness (QED) is 0.154. The van der Waals surface area contributed by atoms with E-state index in [1.807, 2.05) is 0 Å². The number of benzene rings is 4. The van der Waals surface area contributed by atoms with Crippen molar-refractivity contribution in [3.8, 4) is 11.5 Å². The summed E-state index contributed by atoms with van der Waals surface area (Å²) < 4.78 is 5.96. The normalized spacial score (nSPS) is 27.9. The van der Waals surface area contributed by atoms with Crippen LogP contribution in [-0.4, -0.2) is 35.4 Å². The molecule has 2 saturated heterocycles. The zero-order chi connectivity index (χ0) is 37.5. The van der Waals surface area contributed by atoms with Crippen LogP contribution in [0.2, 0.25) is 0 Å². The van der Waals surface area contributed by atoms with Crippen LogP contribution < -0.4 is 25.2 Å². The third-order valence-electron chi connectivity index (χ3n) is 12.2. The second kappa shape index (κ2) is 12.5. The summed E-state index contributed by atoms with van der Waals surface area (Å²) in [6, 6.07) is 26.7. The molecule has 10 rings (SSSR count). The fraction of sp³-hybridized carbons (Fsp3) is 0.227. The monoisotopic (exact) mass is 730 g/mol. The molecular formula is C44H34N4O7. The number of imide groups is 2. The molecule has 6 aliphatic rings. The molecular weight excluding hydrogens is 697 g/mol. The molecule has 2 heterocycles. The number of carbonyl (C=O) groups excluding carboxylic acids is 6. The van der Waals surface area contributed by atoms with E-state index in [4.69, 9.17) is 4.74 Å². The highest BCUT2D eigenvalue weighted by atomic mass is 16.5. The first-order chi connectivity index (χ1) is 26.7. The Bertz CT molecular complexity index is 2140. The van der Waals surface area contributed by atoms with E-state index in [1.54, 1.807) is 97.1 Å². The fourth-order valence-electron chi connectivity index (χ4n) is 9.59. The molecule has 11 nitrogen and oxygen atoms in total. The topological polar surface area (TPSA) is 142 Å². The number of ether oxygens (including phenoxy) is 1. The first-order valence-corrected chi connectivity index (χ1v) is 18.5. The van der Waals surface area contributed by atoms with Crippen LogP contribution in [0.3, 0.4) is 0 Å². The first-order valence-electron chi connectivity index (χ1n) is 18.5. The Morgan fingerprint density at radius 1 is 0.455 bits per heavy atom. The summed E-state index contributed by atoms with van der Waals surface area (Å²) in [5, 5.41) is 5.71. The van der Waals surface area contributed by atoms with Gasteiger partial charge in [-0.25, -0.2) is 0 Å². The van der Waals surface area contributed by atoms with Crippen molar-refractivity contribution >= 4 is 58.2 Å². The van der Waals surface area contributed by atoms with Gasteiger partial charge in [-0.05, 0) is 134 Å². The molecule has 4 unspecified atom stereocenters. The van der Waals surface area contributed by atoms with Gasteiger partial charge >= 0.3 is 0 Å². The summed E-state index contributed by atoms with van der Waals surface area (Å²) in [5.41, 5.74) is 2.83. The first kappa shape index (κ1) is 33.0. The average Bonchev–Trinajstić information content (AvgIpc) is 4.06. The number of hydrogen-bond donors (Lipinski definition) is 2. The lowest BCUT2D eigenvalue weighted by molar-refractivity contribution is -0.124. The minimum Gasteiger partial charge on any atom is -0.457 e. The van der Waals surface area contributed by atoms with Gasteiger partial charge in [0.05, 0.1) is 35.0 Å². The van der Waals surface area contributed by atoms with Crippen LogP contribution in [0.5, 0.6) is 11.5 Å². The standard InChI is InChI=1S/C44H34N4O7/c49-39(23-5-13-31(14-6-23)47-41(51)35-25-1-2-26(21-25)36(35)42(47)52)45-29-9-17-33(18-10-29)55-34-19-11-30(12-20-34)46-40(50)24-7-15-32(16-8-24)48-43(53)37-27-3-4-28(22-27)38(37)44(48)54/h1-20,25-28,35-38H,21-22H2,(H,45,49)(H,46,50)/t25-,26+,27-,28+,35?,36?,37?,38?. The van der Waals surface area contributed by atoms with Crippen LogP contribution in [0.25, 0.3) is 0 Å². The van der Waals surface area contributed by atoms with Gasteiger partial charge in [0.15, 0.2) is 0 Å². The Balaban J connectivity index is 0.719. The Morgan fingerprint density at radius 3 is 1.07 bits per heavy atom. The predicted molar refractivity (Wildman–Crippen MR) is 202 cm³/mol. The highest BCUT2D eigenvalue weighted by molar-refractivity contribution is 6.24. The van der Waals surface area contributed by atoms with Crippen molar-refractivity contribution in [3.05, 3.63) is 132 Å². The summed E-state index contributed by atoms with van der Waals surface area (Å²) >= 11 is 0. The molecule has 6 amide bonds. The van der Waals surface area contributed by atoms with Crippen LogP contribution in [0.1, 0.15) is 33.6 Å². The second-order valence-electron chi connectivity index (χ2n) is 15.2. The number of nitrogens with zero attached hydrogens (tertiary/aromatic N) is 2. The molecule has 11 heteroatoms. The number of carbonyl (C=O) groups is 6. The molecule has 8 atom stereocenters. The molecule has 4 bridgehead atoms. The minimum atomic E-state index is -0.338. The third kappa shape index (κ3) is 5.32. The van der Waals surface area contributed by atoms with Gasteiger partial charge in [-0.15, -0.1) is 0 Å². The highest BCUT2D eigenvalue weighted by Crippen LogP contribution is 2.54. The Hall–Kier alpha value is -6.62. The lowest BCUT2D eigenvalue weighted by Gasteiger charge is -2.17.